The van der Waals surface area contributed by atoms with Crippen LogP contribution in [-0.4, -0.2) is 19.1 Å². The smallest absolute Gasteiger partial charge is 0.323 e. The summed E-state index contributed by atoms with van der Waals surface area (Å²) in [6.07, 6.45) is 0.466. The molecule has 1 heterocycles. The molecule has 1 aromatic heterocycles. The van der Waals surface area contributed by atoms with Gasteiger partial charge in [0.2, 0.25) is 0 Å². The molecule has 4 nitrogen and oxygen atoms in total. The zero-order valence-electron chi connectivity index (χ0n) is 11.0. The summed E-state index contributed by atoms with van der Waals surface area (Å²) < 4.78 is 4.61. The molecule has 1 unspecified atom stereocenters. The van der Waals surface area contributed by atoms with Crippen molar-refractivity contribution in [2.45, 2.75) is 12.5 Å². The van der Waals surface area contributed by atoms with Crippen molar-refractivity contribution < 1.29 is 9.53 Å². The van der Waals surface area contributed by atoms with Crippen LogP contribution in [0, 0.1) is 11.3 Å². The Balaban J connectivity index is 2.12. The predicted molar refractivity (Wildman–Crippen MR) is 78.2 cm³/mol. The first-order chi connectivity index (χ1) is 9.63. The lowest BCUT2D eigenvalue weighted by atomic mass is 10.1. The minimum absolute atomic E-state index is 0.404. The second kappa shape index (κ2) is 6.33. The van der Waals surface area contributed by atoms with E-state index in [9.17, 15) is 4.79 Å². The molecule has 0 fully saturated rings. The molecule has 5 heteroatoms. The number of esters is 1. The number of methoxy groups -OCH3 is 1. The van der Waals surface area contributed by atoms with Gasteiger partial charge in [-0.15, -0.1) is 11.3 Å². The van der Waals surface area contributed by atoms with Crippen LogP contribution in [-0.2, 0) is 16.0 Å². The van der Waals surface area contributed by atoms with E-state index >= 15 is 0 Å². The fraction of sp³-hybridized carbons (Fsp3) is 0.200. The molecule has 102 valence electrons. The van der Waals surface area contributed by atoms with Gasteiger partial charge in [0.15, 0.2) is 0 Å². The number of benzene rings is 1. The fourth-order valence-electron chi connectivity index (χ4n) is 1.80. The van der Waals surface area contributed by atoms with Crippen LogP contribution in [0.25, 0.3) is 10.4 Å². The van der Waals surface area contributed by atoms with Crippen LogP contribution in [0.5, 0.6) is 0 Å². The molecule has 2 N–H and O–H groups in total. The van der Waals surface area contributed by atoms with Crippen molar-refractivity contribution in [1.82, 2.24) is 0 Å². The lowest BCUT2D eigenvalue weighted by molar-refractivity contribution is -0.142. The summed E-state index contributed by atoms with van der Waals surface area (Å²) in [4.78, 5) is 13.4. The van der Waals surface area contributed by atoms with Crippen LogP contribution >= 0.6 is 11.3 Å². The van der Waals surface area contributed by atoms with Gasteiger partial charge in [-0.05, 0) is 29.8 Å². The number of nitrogens with two attached hydrogens (primary N) is 1. The summed E-state index contributed by atoms with van der Waals surface area (Å²) in [5.74, 6) is -0.404. The van der Waals surface area contributed by atoms with Crippen molar-refractivity contribution in [3.8, 4) is 16.5 Å². The fourth-order valence-corrected chi connectivity index (χ4v) is 2.87. The summed E-state index contributed by atoms with van der Waals surface area (Å²) in [6.45, 7) is 0. The molecular weight excluding hydrogens is 272 g/mol. The average Bonchev–Trinajstić information content (AvgIpc) is 2.94. The Bertz CT molecular complexity index is 641. The van der Waals surface area contributed by atoms with E-state index in [2.05, 4.69) is 10.8 Å². The number of carbonyl (C=O) groups excluding carboxylic acids is 1. The molecule has 0 aliphatic rings. The first-order valence-electron chi connectivity index (χ1n) is 6.06. The van der Waals surface area contributed by atoms with Gasteiger partial charge >= 0.3 is 5.97 Å². The molecule has 2 aromatic rings. The Labute approximate surface area is 121 Å². The third-order valence-corrected chi connectivity index (χ3v) is 4.04. The van der Waals surface area contributed by atoms with Gasteiger partial charge in [-0.2, -0.15) is 5.26 Å². The van der Waals surface area contributed by atoms with E-state index in [1.165, 1.54) is 7.11 Å². The average molecular weight is 286 g/mol. The largest absolute Gasteiger partial charge is 0.468 e. The number of thiophene rings is 1. The van der Waals surface area contributed by atoms with Gasteiger partial charge in [-0.1, -0.05) is 12.1 Å². The number of hydrogen-bond acceptors (Lipinski definition) is 5. The highest BCUT2D eigenvalue weighted by atomic mass is 32.1. The van der Waals surface area contributed by atoms with Crippen molar-refractivity contribution in [2.24, 2.45) is 5.73 Å². The second-order valence-corrected chi connectivity index (χ2v) is 5.46. The van der Waals surface area contributed by atoms with Crippen LogP contribution < -0.4 is 5.73 Å². The lowest BCUT2D eigenvalue weighted by Gasteiger charge is -2.06. The minimum atomic E-state index is -0.632. The summed E-state index contributed by atoms with van der Waals surface area (Å²) in [6, 6.07) is 12.8. The Morgan fingerprint density at radius 3 is 2.65 bits per heavy atom. The number of ether oxygens (including phenoxy) is 1. The molecule has 0 spiro atoms. The van der Waals surface area contributed by atoms with Crippen LogP contribution in [0.3, 0.4) is 0 Å². The molecule has 0 aliphatic heterocycles. The van der Waals surface area contributed by atoms with Gasteiger partial charge in [0.25, 0.3) is 0 Å². The van der Waals surface area contributed by atoms with E-state index < -0.39 is 12.0 Å². The molecule has 0 saturated heterocycles. The third kappa shape index (κ3) is 3.23. The van der Waals surface area contributed by atoms with Crippen LogP contribution in [0.15, 0.2) is 36.4 Å². The Morgan fingerprint density at radius 2 is 2.05 bits per heavy atom. The normalized spacial score (nSPS) is 11.7. The number of nitriles is 1. The molecule has 0 radical (unpaired) electrons. The van der Waals surface area contributed by atoms with Gasteiger partial charge < -0.3 is 10.5 Å². The molecular formula is C15H14N2O2S. The second-order valence-electron chi connectivity index (χ2n) is 4.29. The van der Waals surface area contributed by atoms with Crippen molar-refractivity contribution in [3.05, 3.63) is 46.8 Å². The highest BCUT2D eigenvalue weighted by molar-refractivity contribution is 7.15. The van der Waals surface area contributed by atoms with Gasteiger partial charge in [-0.25, -0.2) is 0 Å². The molecule has 1 aromatic carbocycles. The molecule has 0 amide bonds. The zero-order chi connectivity index (χ0) is 14.5. The van der Waals surface area contributed by atoms with E-state index in [0.717, 1.165) is 15.3 Å². The minimum Gasteiger partial charge on any atom is -0.468 e. The van der Waals surface area contributed by atoms with Crippen molar-refractivity contribution in [2.75, 3.05) is 7.11 Å². The van der Waals surface area contributed by atoms with E-state index in [4.69, 9.17) is 11.0 Å². The topological polar surface area (TPSA) is 76.1 Å². The van der Waals surface area contributed by atoms with Crippen LogP contribution in [0.4, 0.5) is 0 Å². The summed E-state index contributed by atoms with van der Waals surface area (Å²) in [5.41, 5.74) is 7.43. The summed E-state index contributed by atoms with van der Waals surface area (Å²) in [7, 11) is 1.33. The summed E-state index contributed by atoms with van der Waals surface area (Å²) in [5, 5.41) is 8.77. The monoisotopic (exact) mass is 286 g/mol. The Kier molecular flexibility index (Phi) is 4.51. The van der Waals surface area contributed by atoms with Crippen LogP contribution in [0.1, 0.15) is 10.4 Å². The maximum atomic E-state index is 11.3. The number of carbonyl (C=O) groups is 1. The van der Waals surface area contributed by atoms with Gasteiger partial charge in [0.05, 0.1) is 18.7 Å². The highest BCUT2D eigenvalue weighted by Gasteiger charge is 2.15. The maximum Gasteiger partial charge on any atom is 0.323 e. The standard InChI is InChI=1S/C15H14N2O2S/c1-19-15(18)13(17)8-12-6-7-14(20-12)11-4-2-10(9-16)3-5-11/h2-7,13H,8,17H2,1H3. The van der Waals surface area contributed by atoms with Crippen LogP contribution in [0.2, 0.25) is 0 Å². The molecule has 1 atom stereocenters. The van der Waals surface area contributed by atoms with Crippen molar-refractivity contribution in [1.29, 1.82) is 5.26 Å². The molecule has 0 bridgehead atoms. The van der Waals surface area contributed by atoms with E-state index in [1.807, 2.05) is 24.3 Å². The molecule has 20 heavy (non-hydrogen) atoms. The van der Waals surface area contributed by atoms with Gasteiger partial charge in [0, 0.05) is 16.2 Å². The lowest BCUT2D eigenvalue weighted by Crippen LogP contribution is -2.33. The SMILES string of the molecule is COC(=O)C(N)Cc1ccc(-c2ccc(C#N)cc2)s1. The summed E-state index contributed by atoms with van der Waals surface area (Å²) >= 11 is 1.58. The molecule has 0 aliphatic carbocycles. The van der Waals surface area contributed by atoms with Crippen molar-refractivity contribution >= 4 is 17.3 Å². The highest BCUT2D eigenvalue weighted by Crippen LogP contribution is 2.28. The predicted octanol–water partition coefficient (Wildman–Crippen LogP) is 2.33. The van der Waals surface area contributed by atoms with Gasteiger partial charge in [-0.3, -0.25) is 4.79 Å². The number of rotatable bonds is 4. The maximum absolute atomic E-state index is 11.3. The third-order valence-electron chi connectivity index (χ3n) is 2.89. The van der Waals surface area contributed by atoms with E-state index in [0.29, 0.717) is 12.0 Å². The number of nitrogens with zero attached hydrogens (tertiary/aromatic N) is 1. The molecule has 0 saturated carbocycles. The molecule has 2 rings (SSSR count). The Hall–Kier alpha value is -2.16. The quantitative estimate of drug-likeness (QED) is 0.875. The van der Waals surface area contributed by atoms with Crippen molar-refractivity contribution in [3.63, 3.8) is 0 Å². The van der Waals surface area contributed by atoms with E-state index in [1.54, 1.807) is 23.5 Å². The van der Waals surface area contributed by atoms with E-state index in [-0.39, 0.29) is 0 Å². The Morgan fingerprint density at radius 1 is 1.35 bits per heavy atom. The van der Waals surface area contributed by atoms with Gasteiger partial charge in [0.1, 0.15) is 6.04 Å². The zero-order valence-corrected chi connectivity index (χ0v) is 11.8. The first-order valence-corrected chi connectivity index (χ1v) is 6.88. The first kappa shape index (κ1) is 14.3. The number of hydrogen-bond donors (Lipinski definition) is 1.